The van der Waals surface area contributed by atoms with Crippen LogP contribution in [-0.4, -0.2) is 0 Å². The SMILES string of the molecule is CC=C(Oc1ccc(N)cc1CN)c1ccccc1. The van der Waals surface area contributed by atoms with Crippen LogP contribution in [0, 0.1) is 0 Å². The number of hydrogen-bond acceptors (Lipinski definition) is 3. The molecule has 3 heteroatoms. The van der Waals surface area contributed by atoms with Gasteiger partial charge in [-0.2, -0.15) is 0 Å². The van der Waals surface area contributed by atoms with Crippen molar-refractivity contribution in [1.29, 1.82) is 0 Å². The molecule has 2 rings (SSSR count). The van der Waals surface area contributed by atoms with Crippen LogP contribution in [0.3, 0.4) is 0 Å². The molecule has 0 saturated heterocycles. The number of benzene rings is 2. The highest BCUT2D eigenvalue weighted by Gasteiger charge is 2.07. The Kier molecular flexibility index (Phi) is 4.21. The minimum Gasteiger partial charge on any atom is -0.457 e. The van der Waals surface area contributed by atoms with Gasteiger partial charge < -0.3 is 16.2 Å². The second kappa shape index (κ2) is 6.07. The molecule has 98 valence electrons. The molecule has 0 amide bonds. The van der Waals surface area contributed by atoms with Crippen molar-refractivity contribution >= 4 is 11.4 Å². The summed E-state index contributed by atoms with van der Waals surface area (Å²) >= 11 is 0. The smallest absolute Gasteiger partial charge is 0.132 e. The first-order chi connectivity index (χ1) is 9.24. The van der Waals surface area contributed by atoms with Gasteiger partial charge >= 0.3 is 0 Å². The van der Waals surface area contributed by atoms with Crippen molar-refractivity contribution in [2.24, 2.45) is 5.73 Å². The van der Waals surface area contributed by atoms with Gasteiger partial charge in [-0.25, -0.2) is 0 Å². The Morgan fingerprint density at radius 1 is 1.16 bits per heavy atom. The molecule has 4 N–H and O–H groups in total. The van der Waals surface area contributed by atoms with Gasteiger partial charge in [0.05, 0.1) is 0 Å². The molecule has 0 bridgehead atoms. The third-order valence-corrected chi connectivity index (χ3v) is 2.84. The van der Waals surface area contributed by atoms with Gasteiger partial charge in [0.25, 0.3) is 0 Å². The monoisotopic (exact) mass is 254 g/mol. The predicted octanol–water partition coefficient (Wildman–Crippen LogP) is 3.17. The van der Waals surface area contributed by atoms with Crippen LogP contribution in [-0.2, 0) is 6.54 Å². The average Bonchev–Trinajstić information content (AvgIpc) is 2.46. The van der Waals surface area contributed by atoms with Crippen molar-refractivity contribution < 1.29 is 4.74 Å². The fraction of sp³-hybridized carbons (Fsp3) is 0.125. The topological polar surface area (TPSA) is 61.3 Å². The van der Waals surface area contributed by atoms with E-state index in [1.54, 1.807) is 0 Å². The number of ether oxygens (including phenoxy) is 1. The third-order valence-electron chi connectivity index (χ3n) is 2.84. The van der Waals surface area contributed by atoms with E-state index in [1.807, 2.05) is 61.5 Å². The van der Waals surface area contributed by atoms with Crippen LogP contribution in [0.5, 0.6) is 5.75 Å². The van der Waals surface area contributed by atoms with Gasteiger partial charge in [-0.15, -0.1) is 0 Å². The number of rotatable bonds is 4. The Morgan fingerprint density at radius 2 is 1.89 bits per heavy atom. The van der Waals surface area contributed by atoms with E-state index >= 15 is 0 Å². The summed E-state index contributed by atoms with van der Waals surface area (Å²) in [5.41, 5.74) is 14.1. The molecule has 0 saturated carbocycles. The maximum absolute atomic E-state index is 5.95. The largest absolute Gasteiger partial charge is 0.457 e. The molecule has 0 unspecified atom stereocenters. The summed E-state index contributed by atoms with van der Waals surface area (Å²) in [7, 11) is 0. The Hall–Kier alpha value is -2.26. The Balaban J connectivity index is 2.30. The minimum absolute atomic E-state index is 0.395. The van der Waals surface area contributed by atoms with Crippen LogP contribution < -0.4 is 16.2 Å². The number of allylic oxidation sites excluding steroid dienone is 1. The maximum atomic E-state index is 5.95. The molecule has 0 radical (unpaired) electrons. The standard InChI is InChI=1S/C16H18N2O/c1-2-15(12-6-4-3-5-7-12)19-16-9-8-14(18)10-13(16)11-17/h2-10H,11,17-18H2,1H3. The molecule has 0 heterocycles. The highest BCUT2D eigenvalue weighted by atomic mass is 16.5. The van der Waals surface area contributed by atoms with Gasteiger partial charge in [-0.05, 0) is 31.2 Å². The van der Waals surface area contributed by atoms with E-state index < -0.39 is 0 Å². The lowest BCUT2D eigenvalue weighted by Gasteiger charge is -2.13. The van der Waals surface area contributed by atoms with Crippen molar-refractivity contribution in [1.82, 2.24) is 0 Å². The summed E-state index contributed by atoms with van der Waals surface area (Å²) in [6.07, 6.45) is 1.94. The zero-order valence-corrected chi connectivity index (χ0v) is 11.0. The Bertz CT molecular complexity index is 577. The van der Waals surface area contributed by atoms with Gasteiger partial charge in [0, 0.05) is 23.4 Å². The highest BCUT2D eigenvalue weighted by Crippen LogP contribution is 2.26. The first kappa shape index (κ1) is 13.2. The first-order valence-corrected chi connectivity index (χ1v) is 6.22. The summed E-state index contributed by atoms with van der Waals surface area (Å²) in [6.45, 7) is 2.34. The molecular weight excluding hydrogens is 236 g/mol. The average molecular weight is 254 g/mol. The molecule has 0 atom stereocenters. The summed E-state index contributed by atoms with van der Waals surface area (Å²) < 4.78 is 5.95. The third kappa shape index (κ3) is 3.14. The Morgan fingerprint density at radius 3 is 2.53 bits per heavy atom. The molecule has 2 aromatic rings. The first-order valence-electron chi connectivity index (χ1n) is 6.22. The van der Waals surface area contributed by atoms with Gasteiger partial charge in [0.2, 0.25) is 0 Å². The van der Waals surface area contributed by atoms with E-state index in [0.717, 1.165) is 22.6 Å². The number of anilines is 1. The fourth-order valence-corrected chi connectivity index (χ4v) is 1.86. The lowest BCUT2D eigenvalue weighted by Crippen LogP contribution is -2.03. The summed E-state index contributed by atoms with van der Waals surface area (Å²) in [5.74, 6) is 1.55. The van der Waals surface area contributed by atoms with Crippen molar-refractivity contribution in [3.8, 4) is 5.75 Å². The van der Waals surface area contributed by atoms with Crippen LogP contribution in [0.1, 0.15) is 18.1 Å². The van der Waals surface area contributed by atoms with Gasteiger partial charge in [0.1, 0.15) is 11.5 Å². The van der Waals surface area contributed by atoms with Gasteiger partial charge in [0.15, 0.2) is 0 Å². The lowest BCUT2D eigenvalue weighted by molar-refractivity contribution is 0.507. The van der Waals surface area contributed by atoms with Crippen LogP contribution in [0.2, 0.25) is 0 Å². The summed E-state index contributed by atoms with van der Waals surface area (Å²) in [4.78, 5) is 0. The van der Waals surface area contributed by atoms with E-state index in [1.165, 1.54) is 0 Å². The number of nitrogens with two attached hydrogens (primary N) is 2. The van der Waals surface area contributed by atoms with Gasteiger partial charge in [-0.3, -0.25) is 0 Å². The molecule has 0 spiro atoms. The second-order valence-electron chi connectivity index (χ2n) is 4.19. The second-order valence-corrected chi connectivity index (χ2v) is 4.19. The molecule has 0 aromatic heterocycles. The molecule has 3 nitrogen and oxygen atoms in total. The molecule has 0 fully saturated rings. The molecular formula is C16H18N2O. The van der Waals surface area contributed by atoms with Gasteiger partial charge in [-0.1, -0.05) is 30.3 Å². The van der Waals surface area contributed by atoms with Crippen molar-refractivity contribution in [2.75, 3.05) is 5.73 Å². The normalized spacial score (nSPS) is 11.4. The van der Waals surface area contributed by atoms with Crippen LogP contribution in [0.15, 0.2) is 54.6 Å². The summed E-state index contributed by atoms with van der Waals surface area (Å²) in [6, 6.07) is 15.5. The summed E-state index contributed by atoms with van der Waals surface area (Å²) in [5, 5.41) is 0. The van der Waals surface area contributed by atoms with E-state index in [9.17, 15) is 0 Å². The van der Waals surface area contributed by atoms with Crippen LogP contribution >= 0.6 is 0 Å². The zero-order valence-electron chi connectivity index (χ0n) is 11.0. The molecule has 0 aliphatic heterocycles. The predicted molar refractivity (Wildman–Crippen MR) is 79.5 cm³/mol. The van der Waals surface area contributed by atoms with E-state index in [2.05, 4.69) is 0 Å². The van der Waals surface area contributed by atoms with Crippen molar-refractivity contribution in [2.45, 2.75) is 13.5 Å². The number of hydrogen-bond donors (Lipinski definition) is 2. The molecule has 19 heavy (non-hydrogen) atoms. The Labute approximate surface area is 113 Å². The molecule has 0 aliphatic carbocycles. The number of nitrogen functional groups attached to an aromatic ring is 1. The zero-order chi connectivity index (χ0) is 13.7. The van der Waals surface area contributed by atoms with E-state index in [4.69, 9.17) is 16.2 Å². The highest BCUT2D eigenvalue weighted by molar-refractivity contribution is 5.62. The van der Waals surface area contributed by atoms with Crippen molar-refractivity contribution in [3.05, 3.63) is 65.7 Å². The quantitative estimate of drug-likeness (QED) is 0.650. The van der Waals surface area contributed by atoms with Crippen LogP contribution in [0.25, 0.3) is 5.76 Å². The minimum atomic E-state index is 0.395. The molecule has 2 aromatic carbocycles. The maximum Gasteiger partial charge on any atom is 0.132 e. The van der Waals surface area contributed by atoms with E-state index in [0.29, 0.717) is 12.2 Å². The fourth-order valence-electron chi connectivity index (χ4n) is 1.86. The molecule has 0 aliphatic rings. The van der Waals surface area contributed by atoms with Crippen molar-refractivity contribution in [3.63, 3.8) is 0 Å². The van der Waals surface area contributed by atoms with E-state index in [-0.39, 0.29) is 0 Å². The van der Waals surface area contributed by atoms with Crippen LogP contribution in [0.4, 0.5) is 5.69 Å². The lowest BCUT2D eigenvalue weighted by atomic mass is 10.1.